The maximum Gasteiger partial charge on any atom is 0.251 e. The Kier molecular flexibility index (Phi) is 5.31. The summed E-state index contributed by atoms with van der Waals surface area (Å²) in [4.78, 5) is 22.5. The molecular formula is C18H18FN5O. The van der Waals surface area contributed by atoms with Crippen molar-refractivity contribution in [2.45, 2.75) is 25.2 Å². The highest BCUT2D eigenvalue weighted by atomic mass is 19.1. The minimum absolute atomic E-state index is 0.0962. The molecule has 1 amide bonds. The lowest BCUT2D eigenvalue weighted by atomic mass is 10.1. The molecule has 1 aromatic heterocycles. The van der Waals surface area contributed by atoms with Gasteiger partial charge in [0.2, 0.25) is 0 Å². The van der Waals surface area contributed by atoms with Gasteiger partial charge >= 0.3 is 0 Å². The van der Waals surface area contributed by atoms with Gasteiger partial charge in [0.1, 0.15) is 12.0 Å². The van der Waals surface area contributed by atoms with Crippen molar-refractivity contribution in [2.24, 2.45) is 0 Å². The van der Waals surface area contributed by atoms with Crippen molar-refractivity contribution in [3.8, 4) is 6.07 Å². The van der Waals surface area contributed by atoms with Crippen LogP contribution in [0.1, 0.15) is 28.2 Å². The third-order valence-electron chi connectivity index (χ3n) is 4.22. The lowest BCUT2D eigenvalue weighted by Crippen LogP contribution is -2.40. The summed E-state index contributed by atoms with van der Waals surface area (Å²) in [5, 5.41) is 11.6. The predicted octanol–water partition coefficient (Wildman–Crippen LogP) is 1.69. The minimum Gasteiger partial charge on any atom is -0.350 e. The molecule has 2 atom stereocenters. The average molecular weight is 339 g/mol. The normalized spacial score (nSPS) is 20.2. The number of carbonyl (C=O) groups is 1. The number of amides is 1. The Labute approximate surface area is 145 Å². The van der Waals surface area contributed by atoms with Crippen LogP contribution in [-0.2, 0) is 6.54 Å². The first-order valence-electron chi connectivity index (χ1n) is 8.08. The van der Waals surface area contributed by atoms with E-state index in [1.54, 1.807) is 42.7 Å². The fourth-order valence-electron chi connectivity index (χ4n) is 2.93. The number of alkyl halides is 1. The first-order chi connectivity index (χ1) is 12.2. The lowest BCUT2D eigenvalue weighted by Gasteiger charge is -2.23. The summed E-state index contributed by atoms with van der Waals surface area (Å²) >= 11 is 0. The predicted molar refractivity (Wildman–Crippen MR) is 89.2 cm³/mol. The number of hydrogen-bond acceptors (Lipinski definition) is 5. The van der Waals surface area contributed by atoms with Gasteiger partial charge in [-0.05, 0) is 36.8 Å². The van der Waals surface area contributed by atoms with Crippen LogP contribution >= 0.6 is 0 Å². The van der Waals surface area contributed by atoms with Crippen LogP contribution in [0.2, 0.25) is 0 Å². The third-order valence-corrected chi connectivity index (χ3v) is 4.22. The highest BCUT2D eigenvalue weighted by molar-refractivity contribution is 5.94. The highest BCUT2D eigenvalue weighted by Crippen LogP contribution is 2.21. The Morgan fingerprint density at radius 1 is 1.32 bits per heavy atom. The number of nitrogens with one attached hydrogen (secondary N) is 1. The molecule has 1 aliphatic heterocycles. The fourth-order valence-corrected chi connectivity index (χ4v) is 2.93. The molecule has 2 aromatic rings. The maximum atomic E-state index is 13.8. The lowest BCUT2D eigenvalue weighted by molar-refractivity contribution is 0.0939. The first kappa shape index (κ1) is 17.0. The molecule has 1 aliphatic rings. The van der Waals surface area contributed by atoms with Crippen LogP contribution in [-0.4, -0.2) is 46.1 Å². The number of rotatable bonds is 5. The monoisotopic (exact) mass is 339 g/mol. The Morgan fingerprint density at radius 2 is 2.04 bits per heavy atom. The summed E-state index contributed by atoms with van der Waals surface area (Å²) in [5.41, 5.74) is 0.980. The Balaban J connectivity index is 1.58. The molecule has 25 heavy (non-hydrogen) atoms. The van der Waals surface area contributed by atoms with E-state index in [0.717, 1.165) is 0 Å². The van der Waals surface area contributed by atoms with Crippen molar-refractivity contribution in [1.82, 2.24) is 20.2 Å². The van der Waals surface area contributed by atoms with Crippen molar-refractivity contribution in [3.05, 3.63) is 59.7 Å². The summed E-state index contributed by atoms with van der Waals surface area (Å²) < 4.78 is 13.8. The molecule has 0 bridgehead atoms. The van der Waals surface area contributed by atoms with Crippen LogP contribution < -0.4 is 5.32 Å². The van der Waals surface area contributed by atoms with Gasteiger partial charge in [-0.2, -0.15) is 5.26 Å². The molecule has 1 N–H and O–H groups in total. The van der Waals surface area contributed by atoms with E-state index in [2.05, 4.69) is 15.3 Å². The van der Waals surface area contributed by atoms with Gasteiger partial charge in [0, 0.05) is 37.1 Å². The molecule has 0 saturated carbocycles. The third kappa shape index (κ3) is 4.37. The highest BCUT2D eigenvalue weighted by Gasteiger charge is 2.32. The van der Waals surface area contributed by atoms with Crippen LogP contribution in [0.25, 0.3) is 0 Å². The molecule has 1 aromatic carbocycles. The number of likely N-dealkylation sites (tertiary alicyclic amines) is 1. The fraction of sp³-hybridized carbons (Fsp3) is 0.333. The summed E-state index contributed by atoms with van der Waals surface area (Å²) in [6.45, 7) is 1.13. The van der Waals surface area contributed by atoms with E-state index in [1.165, 1.54) is 0 Å². The topological polar surface area (TPSA) is 81.9 Å². The van der Waals surface area contributed by atoms with Crippen LogP contribution in [0.5, 0.6) is 0 Å². The van der Waals surface area contributed by atoms with Crippen LogP contribution in [0.3, 0.4) is 0 Å². The average Bonchev–Trinajstić information content (AvgIpc) is 3.00. The quantitative estimate of drug-likeness (QED) is 0.896. The van der Waals surface area contributed by atoms with Gasteiger partial charge in [0.25, 0.3) is 5.91 Å². The number of aromatic nitrogens is 2. The molecule has 7 heteroatoms. The number of hydrogen-bond donors (Lipinski definition) is 1. The van der Waals surface area contributed by atoms with E-state index < -0.39 is 6.17 Å². The van der Waals surface area contributed by atoms with Gasteiger partial charge in [-0.25, -0.2) is 14.4 Å². The standard InChI is InChI=1S/C18H18FN5O/c19-15-8-16(24(11-15)12-17-21-6-1-7-22-17)10-23-18(25)14-4-2-13(9-20)3-5-14/h1-7,15-16H,8,10-12H2,(H,23,25)/t15-,16-/m0/s1. The van der Waals surface area contributed by atoms with Crippen LogP contribution in [0.15, 0.2) is 42.7 Å². The Bertz CT molecular complexity index is 759. The summed E-state index contributed by atoms with van der Waals surface area (Å²) in [6.07, 6.45) is 2.78. The summed E-state index contributed by atoms with van der Waals surface area (Å²) in [5.74, 6) is 0.405. The Hall–Kier alpha value is -2.85. The van der Waals surface area contributed by atoms with E-state index in [4.69, 9.17) is 5.26 Å². The number of carbonyl (C=O) groups excluding carboxylic acids is 1. The molecule has 128 valence electrons. The number of nitriles is 1. The van der Waals surface area contributed by atoms with Gasteiger partial charge in [0.15, 0.2) is 0 Å². The molecule has 0 spiro atoms. The van der Waals surface area contributed by atoms with Crippen molar-refractivity contribution in [3.63, 3.8) is 0 Å². The molecule has 1 fully saturated rings. The van der Waals surface area contributed by atoms with E-state index in [0.29, 0.717) is 43.0 Å². The van der Waals surface area contributed by atoms with E-state index in [9.17, 15) is 9.18 Å². The molecule has 1 saturated heterocycles. The van der Waals surface area contributed by atoms with Gasteiger partial charge in [-0.15, -0.1) is 0 Å². The van der Waals surface area contributed by atoms with Gasteiger partial charge in [-0.1, -0.05) is 0 Å². The molecule has 3 rings (SSSR count). The van der Waals surface area contributed by atoms with Crippen molar-refractivity contribution < 1.29 is 9.18 Å². The molecule has 2 heterocycles. The van der Waals surface area contributed by atoms with Crippen molar-refractivity contribution in [1.29, 1.82) is 5.26 Å². The second kappa shape index (κ2) is 7.81. The van der Waals surface area contributed by atoms with Crippen LogP contribution in [0, 0.1) is 11.3 Å². The number of nitrogens with zero attached hydrogens (tertiary/aromatic N) is 4. The SMILES string of the molecule is N#Cc1ccc(C(=O)NC[C@@H]2C[C@H](F)CN2Cc2ncccn2)cc1. The molecule has 0 aliphatic carbocycles. The summed E-state index contributed by atoms with van der Waals surface area (Å²) in [7, 11) is 0. The van der Waals surface area contributed by atoms with E-state index >= 15 is 0 Å². The number of halogens is 1. The Morgan fingerprint density at radius 3 is 2.72 bits per heavy atom. The number of benzene rings is 1. The summed E-state index contributed by atoms with van der Waals surface area (Å²) in [6, 6.07) is 10.1. The van der Waals surface area contributed by atoms with Gasteiger partial charge in [0.05, 0.1) is 18.2 Å². The molecular weight excluding hydrogens is 321 g/mol. The maximum absolute atomic E-state index is 13.8. The van der Waals surface area contributed by atoms with E-state index in [1.807, 2.05) is 11.0 Å². The van der Waals surface area contributed by atoms with Crippen molar-refractivity contribution in [2.75, 3.05) is 13.1 Å². The van der Waals surface area contributed by atoms with Crippen molar-refractivity contribution >= 4 is 5.91 Å². The largest absolute Gasteiger partial charge is 0.350 e. The molecule has 6 nitrogen and oxygen atoms in total. The molecule has 0 radical (unpaired) electrons. The first-order valence-corrected chi connectivity index (χ1v) is 8.08. The second-order valence-electron chi connectivity index (χ2n) is 5.98. The second-order valence-corrected chi connectivity index (χ2v) is 5.98. The zero-order valence-electron chi connectivity index (χ0n) is 13.6. The smallest absolute Gasteiger partial charge is 0.251 e. The zero-order chi connectivity index (χ0) is 17.6. The minimum atomic E-state index is -0.916. The molecule has 0 unspecified atom stereocenters. The zero-order valence-corrected chi connectivity index (χ0v) is 13.6. The van der Waals surface area contributed by atoms with Gasteiger partial charge in [-0.3, -0.25) is 9.69 Å². The van der Waals surface area contributed by atoms with Gasteiger partial charge < -0.3 is 5.32 Å². The van der Waals surface area contributed by atoms with Crippen LogP contribution in [0.4, 0.5) is 4.39 Å². The van der Waals surface area contributed by atoms with E-state index in [-0.39, 0.29) is 11.9 Å².